The summed E-state index contributed by atoms with van der Waals surface area (Å²) in [6.07, 6.45) is 1.24. The molecular formula is C7H15N3O2. The third-order valence-corrected chi connectivity index (χ3v) is 1.13. The molecule has 70 valence electrons. The minimum Gasteiger partial charge on any atom is -0.464 e. The van der Waals surface area contributed by atoms with Crippen molar-refractivity contribution in [1.29, 1.82) is 5.41 Å². The van der Waals surface area contributed by atoms with Crippen molar-refractivity contribution in [2.45, 2.75) is 19.8 Å². The van der Waals surface area contributed by atoms with Crippen molar-refractivity contribution in [3.8, 4) is 0 Å². The number of nitrogens with one attached hydrogen (secondary N) is 2. The Morgan fingerprint density at radius 3 is 2.83 bits per heavy atom. The van der Waals surface area contributed by atoms with Crippen molar-refractivity contribution >= 4 is 11.9 Å². The maximum absolute atomic E-state index is 10.8. The summed E-state index contributed by atoms with van der Waals surface area (Å²) in [5.74, 6) is -0.315. The largest absolute Gasteiger partial charge is 0.464 e. The van der Waals surface area contributed by atoms with Gasteiger partial charge in [0.25, 0.3) is 0 Å². The van der Waals surface area contributed by atoms with Crippen molar-refractivity contribution in [2.75, 3.05) is 13.2 Å². The Bertz CT molecular complexity index is 159. The van der Waals surface area contributed by atoms with Crippen LogP contribution in [0.15, 0.2) is 0 Å². The zero-order valence-electron chi connectivity index (χ0n) is 7.22. The van der Waals surface area contributed by atoms with Crippen molar-refractivity contribution < 1.29 is 9.53 Å². The molecule has 5 nitrogen and oxygen atoms in total. The van der Waals surface area contributed by atoms with Gasteiger partial charge in [-0.1, -0.05) is 6.92 Å². The normalized spacial score (nSPS) is 9.08. The first-order valence-electron chi connectivity index (χ1n) is 3.90. The summed E-state index contributed by atoms with van der Waals surface area (Å²) in [7, 11) is 0. The van der Waals surface area contributed by atoms with Gasteiger partial charge >= 0.3 is 5.97 Å². The van der Waals surface area contributed by atoms with Gasteiger partial charge in [-0.15, -0.1) is 0 Å². The Morgan fingerprint density at radius 1 is 1.67 bits per heavy atom. The van der Waals surface area contributed by atoms with Gasteiger partial charge in [-0.25, -0.2) is 0 Å². The molecule has 0 saturated carbocycles. The lowest BCUT2D eigenvalue weighted by atomic mass is 10.3. The molecule has 0 spiro atoms. The number of guanidine groups is 1. The number of hydrogen-bond acceptors (Lipinski definition) is 3. The van der Waals surface area contributed by atoms with Gasteiger partial charge in [0.05, 0.1) is 6.54 Å². The van der Waals surface area contributed by atoms with Crippen LogP contribution in [0, 0.1) is 5.41 Å². The average Bonchev–Trinajstić information content (AvgIpc) is 1.98. The zero-order chi connectivity index (χ0) is 9.40. The van der Waals surface area contributed by atoms with Crippen LogP contribution in [-0.4, -0.2) is 25.1 Å². The topological polar surface area (TPSA) is 88.2 Å². The summed E-state index contributed by atoms with van der Waals surface area (Å²) in [5, 5.41) is 9.31. The highest BCUT2D eigenvalue weighted by molar-refractivity contribution is 5.74. The fourth-order valence-electron chi connectivity index (χ4n) is 0.627. The number of esters is 1. The third kappa shape index (κ3) is 6.85. The molecule has 0 aromatic heterocycles. The van der Waals surface area contributed by atoms with Gasteiger partial charge in [0.2, 0.25) is 0 Å². The lowest BCUT2D eigenvalue weighted by Gasteiger charge is -2.04. The van der Waals surface area contributed by atoms with Crippen LogP contribution in [0.3, 0.4) is 0 Å². The molecular weight excluding hydrogens is 158 g/mol. The molecule has 0 atom stereocenters. The zero-order valence-corrected chi connectivity index (χ0v) is 7.22. The highest BCUT2D eigenvalue weighted by Crippen LogP contribution is 1.89. The molecule has 0 unspecified atom stereocenters. The second kappa shape index (κ2) is 6.45. The summed E-state index contributed by atoms with van der Waals surface area (Å²) < 4.78 is 4.78. The number of carbonyl (C=O) groups excluding carboxylic acids is 1. The van der Waals surface area contributed by atoms with Crippen LogP contribution >= 0.6 is 0 Å². The highest BCUT2D eigenvalue weighted by Gasteiger charge is 1.98. The fourth-order valence-corrected chi connectivity index (χ4v) is 0.627. The van der Waals surface area contributed by atoms with Gasteiger partial charge in [-0.3, -0.25) is 10.2 Å². The number of hydrogen-bond donors (Lipinski definition) is 3. The van der Waals surface area contributed by atoms with Crippen LogP contribution in [0.1, 0.15) is 19.8 Å². The monoisotopic (exact) mass is 173 g/mol. The molecule has 0 saturated heterocycles. The van der Waals surface area contributed by atoms with E-state index in [2.05, 4.69) is 5.32 Å². The standard InChI is InChI=1S/C7H15N3O2/c1-2-3-6(11)12-5-4-10-7(8)9/h2-5H2,1H3,(H4,8,9,10). The highest BCUT2D eigenvalue weighted by atomic mass is 16.5. The predicted molar refractivity (Wildman–Crippen MR) is 45.8 cm³/mol. The van der Waals surface area contributed by atoms with Crippen molar-refractivity contribution in [3.63, 3.8) is 0 Å². The summed E-state index contributed by atoms with van der Waals surface area (Å²) in [6.45, 7) is 2.57. The lowest BCUT2D eigenvalue weighted by Crippen LogP contribution is -2.33. The van der Waals surface area contributed by atoms with Gasteiger partial charge in [0.1, 0.15) is 6.61 Å². The van der Waals surface area contributed by atoms with Gasteiger partial charge < -0.3 is 15.8 Å². The molecule has 5 heteroatoms. The number of carbonyl (C=O) groups is 1. The molecule has 0 bridgehead atoms. The van der Waals surface area contributed by atoms with Gasteiger partial charge in [0.15, 0.2) is 5.96 Å². The van der Waals surface area contributed by atoms with E-state index < -0.39 is 0 Å². The van der Waals surface area contributed by atoms with Crippen molar-refractivity contribution in [3.05, 3.63) is 0 Å². The van der Waals surface area contributed by atoms with Crippen molar-refractivity contribution in [2.24, 2.45) is 5.73 Å². The molecule has 0 aromatic carbocycles. The SMILES string of the molecule is CCCC(=O)OCCNC(=N)N. The summed E-state index contributed by atoms with van der Waals surface area (Å²) in [5.41, 5.74) is 5.00. The molecule has 0 rings (SSSR count). The van der Waals surface area contributed by atoms with Crippen LogP contribution in [0.5, 0.6) is 0 Å². The molecule has 0 aliphatic heterocycles. The van der Waals surface area contributed by atoms with E-state index in [9.17, 15) is 4.79 Å². The average molecular weight is 173 g/mol. The molecule has 0 amide bonds. The molecule has 0 aliphatic carbocycles. The summed E-state index contributed by atoms with van der Waals surface area (Å²) in [4.78, 5) is 10.8. The Kier molecular flexibility index (Phi) is 5.77. The number of ether oxygens (including phenoxy) is 1. The Balaban J connectivity index is 3.19. The van der Waals surface area contributed by atoms with Crippen LogP contribution in [0.25, 0.3) is 0 Å². The molecule has 4 N–H and O–H groups in total. The van der Waals surface area contributed by atoms with Crippen LogP contribution < -0.4 is 11.1 Å². The van der Waals surface area contributed by atoms with Gasteiger partial charge in [-0.2, -0.15) is 0 Å². The molecule has 0 aliphatic rings. The van der Waals surface area contributed by atoms with E-state index in [4.69, 9.17) is 15.9 Å². The molecule has 0 aromatic rings. The Labute approximate surface area is 71.8 Å². The Hall–Kier alpha value is -1.26. The molecule has 0 radical (unpaired) electrons. The van der Waals surface area contributed by atoms with E-state index in [0.717, 1.165) is 6.42 Å². The lowest BCUT2D eigenvalue weighted by molar-refractivity contribution is -0.143. The maximum Gasteiger partial charge on any atom is 0.305 e. The fraction of sp³-hybridized carbons (Fsp3) is 0.714. The first-order valence-corrected chi connectivity index (χ1v) is 3.90. The van der Waals surface area contributed by atoms with Crippen LogP contribution in [0.2, 0.25) is 0 Å². The first-order chi connectivity index (χ1) is 5.66. The van der Waals surface area contributed by atoms with E-state index >= 15 is 0 Å². The van der Waals surface area contributed by atoms with Crippen molar-refractivity contribution in [1.82, 2.24) is 5.32 Å². The van der Waals surface area contributed by atoms with E-state index in [0.29, 0.717) is 13.0 Å². The van der Waals surface area contributed by atoms with E-state index in [-0.39, 0.29) is 18.5 Å². The van der Waals surface area contributed by atoms with Gasteiger partial charge in [0, 0.05) is 6.42 Å². The smallest absolute Gasteiger partial charge is 0.305 e. The molecule has 0 fully saturated rings. The second-order valence-electron chi connectivity index (χ2n) is 2.31. The second-order valence-corrected chi connectivity index (χ2v) is 2.31. The van der Waals surface area contributed by atoms with E-state index in [1.807, 2.05) is 6.92 Å². The van der Waals surface area contributed by atoms with Crippen LogP contribution in [-0.2, 0) is 9.53 Å². The Morgan fingerprint density at radius 2 is 2.33 bits per heavy atom. The van der Waals surface area contributed by atoms with E-state index in [1.165, 1.54) is 0 Å². The number of rotatable bonds is 5. The molecule has 12 heavy (non-hydrogen) atoms. The quantitative estimate of drug-likeness (QED) is 0.233. The first kappa shape index (κ1) is 10.7. The summed E-state index contributed by atoms with van der Waals surface area (Å²) in [6, 6.07) is 0. The maximum atomic E-state index is 10.8. The minimum absolute atomic E-state index is 0.110. The van der Waals surface area contributed by atoms with Crippen LogP contribution in [0.4, 0.5) is 0 Å². The predicted octanol–water partition coefficient (Wildman–Crippen LogP) is -0.187. The summed E-state index contributed by atoms with van der Waals surface area (Å²) >= 11 is 0. The third-order valence-electron chi connectivity index (χ3n) is 1.13. The van der Waals surface area contributed by atoms with Gasteiger partial charge in [-0.05, 0) is 6.42 Å². The minimum atomic E-state index is -0.206. The molecule has 0 heterocycles. The number of nitrogens with two attached hydrogens (primary N) is 1. The van der Waals surface area contributed by atoms with E-state index in [1.54, 1.807) is 0 Å².